The molecule has 0 bridgehead atoms. The standard InChI is InChI=1S/C58H43NO2/c1-3-13-38(14-4-1)40-25-30-45(31-26-40)59(54-23-12-22-51-48-20-9-10-24-55(48)60-58(51)54)46-32-27-41(28-33-46)43-29-34-49-53-37-52(44-18-11-17-42(35-44)39-15-5-2-6-16-39)47-19-7-8-21-50(47)57(53)61-56(49)36-43/h1-36,47,50,52-53,57H,37H2. The highest BCUT2D eigenvalue weighted by atomic mass is 16.5. The van der Waals surface area contributed by atoms with E-state index in [1.54, 1.807) is 0 Å². The molecule has 0 amide bonds. The minimum atomic E-state index is 0.121. The molecule has 2 aliphatic carbocycles. The molecule has 0 N–H and O–H groups in total. The lowest BCUT2D eigenvalue weighted by Gasteiger charge is -2.43. The van der Waals surface area contributed by atoms with E-state index in [4.69, 9.17) is 9.15 Å². The third-order valence-electron chi connectivity index (χ3n) is 13.4. The van der Waals surface area contributed by atoms with Crippen molar-refractivity contribution in [2.24, 2.45) is 11.8 Å². The first-order chi connectivity index (χ1) is 30.2. The third-order valence-corrected chi connectivity index (χ3v) is 13.4. The zero-order chi connectivity index (χ0) is 40.3. The molecule has 0 saturated heterocycles. The molecule has 0 spiro atoms. The fraction of sp³-hybridized carbons (Fsp3) is 0.103. The van der Waals surface area contributed by atoms with Crippen molar-refractivity contribution < 1.29 is 9.15 Å². The molecule has 3 aliphatic rings. The van der Waals surface area contributed by atoms with Gasteiger partial charge in [-0.15, -0.1) is 0 Å². The number of fused-ring (bicyclic) bond motifs is 8. The predicted octanol–water partition coefficient (Wildman–Crippen LogP) is 15.4. The second-order valence-corrected chi connectivity index (χ2v) is 16.7. The van der Waals surface area contributed by atoms with Crippen LogP contribution in [-0.4, -0.2) is 6.10 Å². The Balaban J connectivity index is 0.879. The van der Waals surface area contributed by atoms with Crippen molar-refractivity contribution in [3.8, 4) is 39.1 Å². The van der Waals surface area contributed by atoms with Crippen LogP contribution in [0, 0.1) is 11.8 Å². The molecule has 5 unspecified atom stereocenters. The van der Waals surface area contributed by atoms with Gasteiger partial charge in [-0.25, -0.2) is 0 Å². The van der Waals surface area contributed by atoms with Crippen LogP contribution in [0.2, 0.25) is 0 Å². The number of ether oxygens (including phenoxy) is 1. The van der Waals surface area contributed by atoms with E-state index in [1.807, 2.05) is 12.1 Å². The van der Waals surface area contributed by atoms with Gasteiger partial charge in [0.15, 0.2) is 5.58 Å². The molecule has 3 heteroatoms. The Labute approximate surface area is 356 Å². The highest BCUT2D eigenvalue weighted by Crippen LogP contribution is 2.56. The fourth-order valence-electron chi connectivity index (χ4n) is 10.4. The summed E-state index contributed by atoms with van der Waals surface area (Å²) in [7, 11) is 0. The first kappa shape index (κ1) is 35.6. The molecule has 1 saturated carbocycles. The second-order valence-electron chi connectivity index (χ2n) is 16.7. The van der Waals surface area contributed by atoms with E-state index in [1.165, 1.54) is 33.4 Å². The van der Waals surface area contributed by atoms with Crippen LogP contribution in [-0.2, 0) is 0 Å². The molecule has 3 nitrogen and oxygen atoms in total. The lowest BCUT2D eigenvalue weighted by atomic mass is 9.62. The van der Waals surface area contributed by atoms with Crippen LogP contribution in [0.5, 0.6) is 5.75 Å². The number of hydrogen-bond donors (Lipinski definition) is 0. The Kier molecular flexibility index (Phi) is 8.59. The van der Waals surface area contributed by atoms with Gasteiger partial charge in [0.1, 0.15) is 17.4 Å². The molecule has 1 aromatic heterocycles. The summed E-state index contributed by atoms with van der Waals surface area (Å²) in [5.41, 5.74) is 14.8. The highest BCUT2D eigenvalue weighted by Gasteiger charge is 2.49. The average Bonchev–Trinajstić information content (AvgIpc) is 3.91. The summed E-state index contributed by atoms with van der Waals surface area (Å²) < 4.78 is 13.6. The number of para-hydroxylation sites is 2. The number of hydrogen-bond acceptors (Lipinski definition) is 3. The first-order valence-corrected chi connectivity index (χ1v) is 21.5. The summed E-state index contributed by atoms with van der Waals surface area (Å²) in [5, 5.41) is 2.22. The number of allylic oxidation sites excluding steroid dienone is 3. The molecule has 61 heavy (non-hydrogen) atoms. The quantitative estimate of drug-likeness (QED) is 0.161. The topological polar surface area (TPSA) is 25.6 Å². The summed E-state index contributed by atoms with van der Waals surface area (Å²) in [6, 6.07) is 69.9. The van der Waals surface area contributed by atoms with Crippen molar-refractivity contribution in [1.82, 2.24) is 0 Å². The van der Waals surface area contributed by atoms with Crippen LogP contribution in [0.1, 0.15) is 29.4 Å². The van der Waals surface area contributed by atoms with Gasteiger partial charge in [0, 0.05) is 39.5 Å². The van der Waals surface area contributed by atoms with E-state index >= 15 is 0 Å². The number of benzene rings is 8. The summed E-state index contributed by atoms with van der Waals surface area (Å²) in [4.78, 5) is 2.31. The maximum Gasteiger partial charge on any atom is 0.159 e. The summed E-state index contributed by atoms with van der Waals surface area (Å²) in [5.74, 6) is 2.46. The van der Waals surface area contributed by atoms with Crippen LogP contribution in [0.25, 0.3) is 55.3 Å². The molecule has 1 fully saturated rings. The molecule has 9 aromatic rings. The Bertz CT molecular complexity index is 3110. The van der Waals surface area contributed by atoms with E-state index in [2.05, 4.69) is 211 Å². The van der Waals surface area contributed by atoms with Crippen LogP contribution in [0.15, 0.2) is 223 Å². The first-order valence-electron chi connectivity index (χ1n) is 21.5. The van der Waals surface area contributed by atoms with E-state index < -0.39 is 0 Å². The van der Waals surface area contributed by atoms with Crippen LogP contribution >= 0.6 is 0 Å². The van der Waals surface area contributed by atoms with Crippen LogP contribution in [0.3, 0.4) is 0 Å². The van der Waals surface area contributed by atoms with E-state index in [0.717, 1.165) is 62.3 Å². The monoisotopic (exact) mass is 785 g/mol. The van der Waals surface area contributed by atoms with Crippen molar-refractivity contribution in [3.05, 3.63) is 230 Å². The zero-order valence-electron chi connectivity index (χ0n) is 33.6. The van der Waals surface area contributed by atoms with Gasteiger partial charge in [0.25, 0.3) is 0 Å². The molecule has 1 aliphatic heterocycles. The van der Waals surface area contributed by atoms with Crippen molar-refractivity contribution in [1.29, 1.82) is 0 Å². The third kappa shape index (κ3) is 6.19. The van der Waals surface area contributed by atoms with Gasteiger partial charge in [-0.05, 0) is 99.7 Å². The molecule has 12 rings (SSSR count). The largest absolute Gasteiger partial charge is 0.489 e. The smallest absolute Gasteiger partial charge is 0.159 e. The van der Waals surface area contributed by atoms with Crippen LogP contribution in [0.4, 0.5) is 17.1 Å². The Morgan fingerprint density at radius 2 is 1.02 bits per heavy atom. The Morgan fingerprint density at radius 1 is 0.443 bits per heavy atom. The summed E-state index contributed by atoms with van der Waals surface area (Å²) in [6.07, 6.45) is 10.5. The Hall–Kier alpha value is -7.36. The molecular weight excluding hydrogens is 743 g/mol. The zero-order valence-corrected chi connectivity index (χ0v) is 33.6. The number of nitrogens with zero attached hydrogens (tertiary/aromatic N) is 1. The maximum atomic E-state index is 7.00. The maximum absolute atomic E-state index is 7.00. The van der Waals surface area contributed by atoms with Gasteiger partial charge < -0.3 is 14.1 Å². The number of furan rings is 1. The molecule has 292 valence electrons. The number of rotatable bonds is 7. The van der Waals surface area contributed by atoms with Crippen molar-refractivity contribution in [3.63, 3.8) is 0 Å². The molecule has 2 heterocycles. The molecule has 0 radical (unpaired) electrons. The summed E-state index contributed by atoms with van der Waals surface area (Å²) in [6.45, 7) is 0. The van der Waals surface area contributed by atoms with Gasteiger partial charge >= 0.3 is 0 Å². The van der Waals surface area contributed by atoms with Gasteiger partial charge in [-0.2, -0.15) is 0 Å². The SMILES string of the molecule is C1=CC2C(c3cccc(-c4ccccc4)c3)CC3c4ccc(-c5ccc(N(c6ccc(-c7ccccc7)cc6)c6cccc7c6oc6ccccc67)cc5)cc4OC3C2C=C1. The highest BCUT2D eigenvalue weighted by molar-refractivity contribution is 6.10. The second kappa shape index (κ2) is 14.7. The van der Waals surface area contributed by atoms with Gasteiger partial charge in [-0.1, -0.05) is 176 Å². The predicted molar refractivity (Wildman–Crippen MR) is 251 cm³/mol. The lowest BCUT2D eigenvalue weighted by molar-refractivity contribution is 0.0854. The van der Waals surface area contributed by atoms with Crippen LogP contribution < -0.4 is 9.64 Å². The van der Waals surface area contributed by atoms with E-state index in [0.29, 0.717) is 23.7 Å². The lowest BCUT2D eigenvalue weighted by Crippen LogP contribution is -2.41. The fourth-order valence-corrected chi connectivity index (χ4v) is 10.4. The van der Waals surface area contributed by atoms with Crippen molar-refractivity contribution in [2.45, 2.75) is 24.4 Å². The van der Waals surface area contributed by atoms with Gasteiger partial charge in [0.2, 0.25) is 0 Å². The minimum absolute atomic E-state index is 0.121. The molecule has 5 atom stereocenters. The van der Waals surface area contributed by atoms with Gasteiger partial charge in [-0.3, -0.25) is 0 Å². The van der Waals surface area contributed by atoms with Gasteiger partial charge in [0.05, 0.1) is 5.69 Å². The summed E-state index contributed by atoms with van der Waals surface area (Å²) >= 11 is 0. The Morgan fingerprint density at radius 3 is 1.77 bits per heavy atom. The number of anilines is 3. The van der Waals surface area contributed by atoms with E-state index in [-0.39, 0.29) is 6.10 Å². The normalized spacial score (nSPS) is 19.9. The molecular formula is C58H43NO2. The van der Waals surface area contributed by atoms with Crippen molar-refractivity contribution >= 4 is 39.0 Å². The minimum Gasteiger partial charge on any atom is -0.489 e. The van der Waals surface area contributed by atoms with Crippen molar-refractivity contribution in [2.75, 3.05) is 4.90 Å². The van der Waals surface area contributed by atoms with E-state index in [9.17, 15) is 0 Å². The molecule has 8 aromatic carbocycles. The average molecular weight is 786 g/mol.